The van der Waals surface area contributed by atoms with E-state index >= 15 is 0 Å². The molecule has 0 radical (unpaired) electrons. The summed E-state index contributed by atoms with van der Waals surface area (Å²) in [5, 5.41) is 2.84. The molecule has 0 fully saturated rings. The van der Waals surface area contributed by atoms with E-state index in [1.165, 1.54) is 31.4 Å². The van der Waals surface area contributed by atoms with Gasteiger partial charge in [-0.25, -0.2) is 13.1 Å². The molecule has 2 N–H and O–H groups in total. The van der Waals surface area contributed by atoms with E-state index in [0.29, 0.717) is 12.1 Å². The Morgan fingerprint density at radius 1 is 1.07 bits per heavy atom. The maximum atomic E-state index is 12.3. The highest BCUT2D eigenvalue weighted by Gasteiger charge is 2.17. The van der Waals surface area contributed by atoms with Gasteiger partial charge in [0.1, 0.15) is 0 Å². The number of ether oxygens (including phenoxy) is 1. The van der Waals surface area contributed by atoms with Gasteiger partial charge in [0, 0.05) is 45.0 Å². The lowest BCUT2D eigenvalue weighted by molar-refractivity contribution is 0.0951. The normalized spacial score (nSPS) is 12.4. The first kappa shape index (κ1) is 21.9. The van der Waals surface area contributed by atoms with E-state index in [1.807, 2.05) is 43.3 Å². The second-order valence-corrected chi connectivity index (χ2v) is 8.46. The zero-order chi connectivity index (χ0) is 20.7. The largest absolute Gasteiger partial charge is 0.383 e. The number of methoxy groups -OCH3 is 1. The minimum absolute atomic E-state index is 0.103. The SMILES string of the molecule is COC[C@H](C)NS(=O)(=O)c1ccc(C(=O)NCc2ccc(N(C)C)cc2)cc1. The molecule has 2 aromatic rings. The molecule has 152 valence electrons. The molecule has 0 aliphatic carbocycles. The number of sulfonamides is 1. The number of carbonyl (C=O) groups is 1. The van der Waals surface area contributed by atoms with E-state index in [4.69, 9.17) is 4.74 Å². The van der Waals surface area contributed by atoms with Gasteiger partial charge >= 0.3 is 0 Å². The molecule has 0 heterocycles. The highest BCUT2D eigenvalue weighted by molar-refractivity contribution is 7.89. The first-order valence-electron chi connectivity index (χ1n) is 8.88. The van der Waals surface area contributed by atoms with E-state index in [1.54, 1.807) is 6.92 Å². The van der Waals surface area contributed by atoms with Gasteiger partial charge in [-0.2, -0.15) is 0 Å². The van der Waals surface area contributed by atoms with Crippen LogP contribution in [0.5, 0.6) is 0 Å². The zero-order valence-electron chi connectivity index (χ0n) is 16.6. The standard InChI is InChI=1S/C20H27N3O4S/c1-15(14-27-4)22-28(25,26)19-11-7-17(8-12-19)20(24)21-13-16-5-9-18(10-6-16)23(2)3/h5-12,15,22H,13-14H2,1-4H3,(H,21,24)/t15-/m0/s1. The lowest BCUT2D eigenvalue weighted by atomic mass is 10.2. The number of rotatable bonds is 9. The Bertz CT molecular complexity index is 879. The van der Waals surface area contributed by atoms with Crippen molar-refractivity contribution in [2.75, 3.05) is 32.7 Å². The third-order valence-electron chi connectivity index (χ3n) is 4.11. The maximum absolute atomic E-state index is 12.3. The molecule has 8 heteroatoms. The van der Waals surface area contributed by atoms with Crippen LogP contribution in [0.2, 0.25) is 0 Å². The van der Waals surface area contributed by atoms with Crippen molar-refractivity contribution in [2.24, 2.45) is 0 Å². The summed E-state index contributed by atoms with van der Waals surface area (Å²) < 4.78 is 32.1. The van der Waals surface area contributed by atoms with Crippen LogP contribution in [0.4, 0.5) is 5.69 Å². The Morgan fingerprint density at radius 3 is 2.21 bits per heavy atom. The fourth-order valence-corrected chi connectivity index (χ4v) is 3.83. The average Bonchev–Trinajstić information content (AvgIpc) is 2.66. The number of hydrogen-bond acceptors (Lipinski definition) is 5. The van der Waals surface area contributed by atoms with Crippen LogP contribution < -0.4 is 14.9 Å². The molecule has 0 aromatic heterocycles. The van der Waals surface area contributed by atoms with Crippen molar-refractivity contribution in [3.8, 4) is 0 Å². The van der Waals surface area contributed by atoms with Gasteiger partial charge < -0.3 is 15.0 Å². The molecular weight excluding hydrogens is 378 g/mol. The van der Waals surface area contributed by atoms with Crippen molar-refractivity contribution in [1.29, 1.82) is 0 Å². The predicted molar refractivity (Wildman–Crippen MR) is 110 cm³/mol. The van der Waals surface area contributed by atoms with Crippen LogP contribution in [0.25, 0.3) is 0 Å². The summed E-state index contributed by atoms with van der Waals surface area (Å²) in [4.78, 5) is 14.4. The Balaban J connectivity index is 1.97. The van der Waals surface area contributed by atoms with Gasteiger partial charge in [0.15, 0.2) is 0 Å². The van der Waals surface area contributed by atoms with Gasteiger partial charge in [-0.15, -0.1) is 0 Å². The number of nitrogens with one attached hydrogen (secondary N) is 2. The molecule has 0 aliphatic heterocycles. The molecule has 28 heavy (non-hydrogen) atoms. The van der Waals surface area contributed by atoms with Crippen molar-refractivity contribution >= 4 is 21.6 Å². The molecule has 1 atom stereocenters. The second-order valence-electron chi connectivity index (χ2n) is 6.75. The number of amides is 1. The summed E-state index contributed by atoms with van der Waals surface area (Å²) in [7, 11) is 1.79. The van der Waals surface area contributed by atoms with Crippen LogP contribution in [0.1, 0.15) is 22.8 Å². The first-order chi connectivity index (χ1) is 13.2. The average molecular weight is 406 g/mol. The van der Waals surface area contributed by atoms with Crippen LogP contribution in [0.15, 0.2) is 53.4 Å². The van der Waals surface area contributed by atoms with E-state index in [-0.39, 0.29) is 23.5 Å². The molecule has 0 saturated carbocycles. The third-order valence-corrected chi connectivity index (χ3v) is 5.71. The van der Waals surface area contributed by atoms with Crippen molar-refractivity contribution in [2.45, 2.75) is 24.4 Å². The highest BCUT2D eigenvalue weighted by Crippen LogP contribution is 2.13. The van der Waals surface area contributed by atoms with Crippen LogP contribution in [0.3, 0.4) is 0 Å². The maximum Gasteiger partial charge on any atom is 0.251 e. The van der Waals surface area contributed by atoms with Gasteiger partial charge in [0.2, 0.25) is 10.0 Å². The lowest BCUT2D eigenvalue weighted by Crippen LogP contribution is -2.35. The second kappa shape index (κ2) is 9.68. The van der Waals surface area contributed by atoms with E-state index in [0.717, 1.165) is 11.3 Å². The Hall–Kier alpha value is -2.42. The van der Waals surface area contributed by atoms with Gasteiger partial charge in [0.05, 0.1) is 11.5 Å². The van der Waals surface area contributed by atoms with Crippen molar-refractivity contribution in [3.63, 3.8) is 0 Å². The van der Waals surface area contributed by atoms with E-state index in [9.17, 15) is 13.2 Å². The molecule has 0 bridgehead atoms. The Morgan fingerprint density at radius 2 is 1.68 bits per heavy atom. The number of anilines is 1. The quantitative estimate of drug-likeness (QED) is 0.666. The van der Waals surface area contributed by atoms with Crippen LogP contribution in [0, 0.1) is 0 Å². The lowest BCUT2D eigenvalue weighted by Gasteiger charge is -2.14. The zero-order valence-corrected chi connectivity index (χ0v) is 17.4. The molecule has 2 aromatic carbocycles. The molecule has 2 rings (SSSR count). The van der Waals surface area contributed by atoms with Gasteiger partial charge in [-0.1, -0.05) is 12.1 Å². The topological polar surface area (TPSA) is 87.7 Å². The van der Waals surface area contributed by atoms with Crippen LogP contribution >= 0.6 is 0 Å². The van der Waals surface area contributed by atoms with Gasteiger partial charge in [0.25, 0.3) is 5.91 Å². The van der Waals surface area contributed by atoms with E-state index < -0.39 is 10.0 Å². The predicted octanol–water partition coefficient (Wildman–Crippen LogP) is 2.00. The summed E-state index contributed by atoms with van der Waals surface area (Å²) in [6.07, 6.45) is 0. The summed E-state index contributed by atoms with van der Waals surface area (Å²) in [6.45, 7) is 2.38. The molecule has 7 nitrogen and oxygen atoms in total. The van der Waals surface area contributed by atoms with Crippen molar-refractivity contribution < 1.29 is 17.9 Å². The van der Waals surface area contributed by atoms with Crippen LogP contribution in [-0.4, -0.2) is 48.2 Å². The van der Waals surface area contributed by atoms with Gasteiger partial charge in [-0.05, 0) is 48.9 Å². The smallest absolute Gasteiger partial charge is 0.251 e. The monoisotopic (exact) mass is 405 g/mol. The minimum Gasteiger partial charge on any atom is -0.383 e. The molecular formula is C20H27N3O4S. The number of hydrogen-bond donors (Lipinski definition) is 2. The molecule has 0 unspecified atom stereocenters. The fourth-order valence-electron chi connectivity index (χ4n) is 2.60. The number of nitrogens with zero attached hydrogens (tertiary/aromatic N) is 1. The van der Waals surface area contributed by atoms with E-state index in [2.05, 4.69) is 10.0 Å². The summed E-state index contributed by atoms with van der Waals surface area (Å²) >= 11 is 0. The molecule has 1 amide bonds. The minimum atomic E-state index is -3.66. The first-order valence-corrected chi connectivity index (χ1v) is 10.4. The van der Waals surface area contributed by atoms with Crippen molar-refractivity contribution in [3.05, 3.63) is 59.7 Å². The fraction of sp³-hybridized carbons (Fsp3) is 0.350. The Kier molecular flexibility index (Phi) is 7.56. The van der Waals surface area contributed by atoms with Crippen molar-refractivity contribution in [1.82, 2.24) is 10.0 Å². The Labute approximate surface area is 166 Å². The molecule has 0 saturated heterocycles. The number of benzene rings is 2. The summed E-state index contributed by atoms with van der Waals surface area (Å²) in [5.74, 6) is -0.263. The highest BCUT2D eigenvalue weighted by atomic mass is 32.2. The molecule has 0 spiro atoms. The third kappa shape index (κ3) is 6.05. The molecule has 0 aliphatic rings. The van der Waals surface area contributed by atoms with Crippen LogP contribution in [-0.2, 0) is 21.3 Å². The van der Waals surface area contributed by atoms with Gasteiger partial charge in [-0.3, -0.25) is 4.79 Å². The number of carbonyl (C=O) groups excluding carboxylic acids is 1. The summed E-state index contributed by atoms with van der Waals surface area (Å²) in [6, 6.07) is 13.4. The summed E-state index contributed by atoms with van der Waals surface area (Å²) in [5.41, 5.74) is 2.46.